The van der Waals surface area contributed by atoms with E-state index >= 15 is 0 Å². The molecule has 11 heteroatoms. The Labute approximate surface area is 378 Å². The summed E-state index contributed by atoms with van der Waals surface area (Å²) < 4.78 is 35.2. The summed E-state index contributed by atoms with van der Waals surface area (Å²) in [7, 11) is -1.63. The molecule has 1 unspecified atom stereocenters. The molecule has 0 aromatic heterocycles. The number of allylic oxidation sites excluding steroid dienone is 1. The molecule has 1 aliphatic rings. The molecule has 1 fully saturated rings. The fourth-order valence-corrected chi connectivity index (χ4v) is 13.2. The molecule has 0 bridgehead atoms. The molecule has 0 aliphatic carbocycles. The third-order valence-electron chi connectivity index (χ3n) is 12.0. The molecule has 63 heavy (non-hydrogen) atoms. The molecule has 4 aromatic carbocycles. The Morgan fingerprint density at radius 1 is 0.889 bits per heavy atom. The highest BCUT2D eigenvalue weighted by molar-refractivity contribution is 6.98. The molecule has 0 radical (unpaired) electrons. The van der Waals surface area contributed by atoms with Crippen LogP contribution >= 0.6 is 0 Å². The van der Waals surface area contributed by atoms with Gasteiger partial charge in [-0.15, -0.1) is 0 Å². The molecule has 1 saturated heterocycles. The van der Waals surface area contributed by atoms with Crippen LogP contribution < -0.4 is 19.8 Å². The van der Waals surface area contributed by atoms with Crippen molar-refractivity contribution in [3.05, 3.63) is 138 Å². The first-order chi connectivity index (χ1) is 29.9. The van der Waals surface area contributed by atoms with Crippen LogP contribution in [0.1, 0.15) is 68.9 Å². The van der Waals surface area contributed by atoms with Gasteiger partial charge in [0, 0.05) is 21.3 Å². The second-order valence-corrected chi connectivity index (χ2v) is 28.7. The van der Waals surface area contributed by atoms with Crippen LogP contribution in [0.5, 0.6) is 11.5 Å². The average Bonchev–Trinajstić information content (AvgIpc) is 3.57. The number of hydrogen-bond acceptors (Lipinski definition) is 9. The molecular weight excluding hydrogens is 825 g/mol. The average molecular weight is 895 g/mol. The Balaban J connectivity index is 1.40. The summed E-state index contributed by atoms with van der Waals surface area (Å²) in [5.74, 6) is -0.464. The summed E-state index contributed by atoms with van der Waals surface area (Å²) in [4.78, 5) is 26.6. The van der Waals surface area contributed by atoms with E-state index in [2.05, 4.69) is 95.0 Å². The van der Waals surface area contributed by atoms with Gasteiger partial charge in [0.25, 0.3) is 8.32 Å². The van der Waals surface area contributed by atoms with E-state index in [0.29, 0.717) is 30.1 Å². The van der Waals surface area contributed by atoms with E-state index in [-0.39, 0.29) is 24.2 Å². The number of ether oxygens (including phenoxy) is 6. The van der Waals surface area contributed by atoms with Gasteiger partial charge in [0.1, 0.15) is 29.3 Å². The second kappa shape index (κ2) is 22.0. The molecule has 1 heterocycles. The van der Waals surface area contributed by atoms with Gasteiger partial charge in [0.2, 0.25) is 0 Å². The largest absolute Gasteiger partial charge is 0.497 e. The zero-order valence-electron chi connectivity index (χ0n) is 39.0. The SMILES string of the molecule is COCOc1cc(OC)cc(/C=C/C[C@@H]2OC(C)(C)O[C@@H]2C(O)/C=C\[C@@H](Cc2ccccc2)[C@H](C)CC(C)(C)[Si](O)(c2ccccc2)c2ccccc2)c1C(=O)OCC[Si](C)(C)C. The molecule has 9 nitrogen and oxygen atoms in total. The summed E-state index contributed by atoms with van der Waals surface area (Å²) in [6, 6.07) is 35.0. The topological polar surface area (TPSA) is 113 Å². The molecule has 5 atom stereocenters. The third kappa shape index (κ3) is 13.4. The minimum absolute atomic E-state index is 0.0336. The predicted octanol–water partition coefficient (Wildman–Crippen LogP) is 9.43. The monoisotopic (exact) mass is 894 g/mol. The number of aliphatic hydroxyl groups is 1. The van der Waals surface area contributed by atoms with Crippen molar-refractivity contribution in [1.29, 1.82) is 0 Å². The minimum Gasteiger partial charge on any atom is -0.497 e. The van der Waals surface area contributed by atoms with E-state index in [1.54, 1.807) is 19.2 Å². The van der Waals surface area contributed by atoms with Crippen LogP contribution in [0, 0.1) is 11.8 Å². The lowest BCUT2D eigenvalue weighted by atomic mass is 9.82. The number of methoxy groups -OCH3 is 2. The summed E-state index contributed by atoms with van der Waals surface area (Å²) in [6.45, 7) is 17.3. The normalized spacial score (nSPS) is 18.3. The van der Waals surface area contributed by atoms with Gasteiger partial charge in [-0.2, -0.15) is 0 Å². The van der Waals surface area contributed by atoms with Crippen molar-refractivity contribution >= 4 is 38.8 Å². The number of benzene rings is 4. The number of esters is 1. The van der Waals surface area contributed by atoms with Crippen LogP contribution in [0.4, 0.5) is 0 Å². The van der Waals surface area contributed by atoms with Crippen LogP contribution in [0.25, 0.3) is 6.08 Å². The smallest absolute Gasteiger partial charge is 0.342 e. The second-order valence-electron chi connectivity index (χ2n) is 19.1. The Hall–Kier alpha value is -4.34. The van der Waals surface area contributed by atoms with Crippen molar-refractivity contribution in [2.75, 3.05) is 27.6 Å². The van der Waals surface area contributed by atoms with E-state index in [4.69, 9.17) is 28.4 Å². The minimum atomic E-state index is -3.26. The van der Waals surface area contributed by atoms with Gasteiger partial charge in [-0.3, -0.25) is 0 Å². The Morgan fingerprint density at radius 2 is 1.49 bits per heavy atom. The highest BCUT2D eigenvalue weighted by Gasteiger charge is 2.51. The summed E-state index contributed by atoms with van der Waals surface area (Å²) in [5.41, 5.74) is 2.03. The number of carbonyl (C=O) groups is 1. The van der Waals surface area contributed by atoms with Gasteiger partial charge in [-0.25, -0.2) is 4.79 Å². The van der Waals surface area contributed by atoms with E-state index in [9.17, 15) is 14.7 Å². The summed E-state index contributed by atoms with van der Waals surface area (Å²) in [6.07, 6.45) is 7.48. The van der Waals surface area contributed by atoms with E-state index < -0.39 is 51.5 Å². The fourth-order valence-electron chi connectivity index (χ4n) is 8.62. The maximum atomic E-state index is 13.6. The van der Waals surface area contributed by atoms with Gasteiger partial charge in [-0.05, 0) is 83.6 Å². The molecule has 0 amide bonds. The third-order valence-corrected chi connectivity index (χ3v) is 18.2. The molecule has 0 spiro atoms. The van der Waals surface area contributed by atoms with Gasteiger partial charge in [-0.1, -0.05) is 156 Å². The van der Waals surface area contributed by atoms with Crippen molar-refractivity contribution in [3.8, 4) is 11.5 Å². The predicted molar refractivity (Wildman–Crippen MR) is 258 cm³/mol. The first kappa shape index (κ1) is 49.7. The molecule has 340 valence electrons. The molecule has 4 aromatic rings. The highest BCUT2D eigenvalue weighted by Crippen LogP contribution is 2.44. The van der Waals surface area contributed by atoms with Crippen molar-refractivity contribution in [2.24, 2.45) is 11.8 Å². The number of hydrogen-bond donors (Lipinski definition) is 2. The lowest BCUT2D eigenvalue weighted by Crippen LogP contribution is -2.65. The Morgan fingerprint density at radius 3 is 2.06 bits per heavy atom. The Bertz CT molecular complexity index is 2060. The van der Waals surface area contributed by atoms with Gasteiger partial charge in [0.15, 0.2) is 12.6 Å². The molecule has 2 N–H and O–H groups in total. The van der Waals surface area contributed by atoms with E-state index in [1.807, 2.05) is 74.5 Å². The summed E-state index contributed by atoms with van der Waals surface area (Å²) in [5, 5.41) is 13.4. The van der Waals surface area contributed by atoms with Crippen molar-refractivity contribution in [3.63, 3.8) is 0 Å². The standard InChI is InChI=1S/C52H70O9Si2/c1-38(36-51(2,3)63(55,43-24-16-12-17-25-43)44-26-18-13-19-27-44)40(33-39-21-14-11-15-22-39)29-30-45(53)49-46(60-52(4,5)61-49)28-20-23-41-34-42(57-7)35-47(59-37-56-6)48(41)50(54)58-31-32-62(8,9)10/h11-27,29-30,34-35,38,40,45-46,49,53,55H,28,31-33,36-37H2,1-10H3/b23-20+,30-29-/t38-,40+,45?,46+,49-/m1/s1. The molecule has 0 saturated carbocycles. The molecule has 5 rings (SSSR count). The van der Waals surface area contributed by atoms with Crippen LogP contribution in [0.2, 0.25) is 30.7 Å². The number of aliphatic hydroxyl groups excluding tert-OH is 1. The maximum Gasteiger partial charge on any atom is 0.342 e. The lowest BCUT2D eigenvalue weighted by molar-refractivity contribution is -0.152. The summed E-state index contributed by atoms with van der Waals surface area (Å²) >= 11 is 0. The zero-order valence-corrected chi connectivity index (χ0v) is 41.0. The molecular formula is C52H70O9Si2. The van der Waals surface area contributed by atoms with E-state index in [1.165, 1.54) is 12.7 Å². The van der Waals surface area contributed by atoms with Crippen molar-refractivity contribution in [2.45, 2.75) is 109 Å². The lowest BCUT2D eigenvalue weighted by Gasteiger charge is -2.43. The fraction of sp³-hybridized carbons (Fsp3) is 0.442. The Kier molecular flexibility index (Phi) is 17.4. The zero-order chi connectivity index (χ0) is 45.8. The number of carbonyl (C=O) groups excluding carboxylic acids is 1. The van der Waals surface area contributed by atoms with Gasteiger partial charge in [0.05, 0.1) is 19.8 Å². The van der Waals surface area contributed by atoms with Crippen molar-refractivity contribution in [1.82, 2.24) is 0 Å². The van der Waals surface area contributed by atoms with Crippen molar-refractivity contribution < 1.29 is 43.1 Å². The quantitative estimate of drug-likeness (QED) is 0.0345. The van der Waals surface area contributed by atoms with Crippen LogP contribution in [0.3, 0.4) is 0 Å². The van der Waals surface area contributed by atoms with Crippen LogP contribution in [-0.4, -0.2) is 84.0 Å². The van der Waals surface area contributed by atoms with Gasteiger partial charge >= 0.3 is 5.97 Å². The maximum absolute atomic E-state index is 13.6. The van der Waals surface area contributed by atoms with Crippen LogP contribution in [-0.2, 0) is 25.4 Å². The van der Waals surface area contributed by atoms with Gasteiger partial charge < -0.3 is 38.3 Å². The molecule has 1 aliphatic heterocycles. The van der Waals surface area contributed by atoms with E-state index in [0.717, 1.165) is 29.3 Å². The first-order valence-electron chi connectivity index (χ1n) is 22.1. The number of rotatable bonds is 22. The van der Waals surface area contributed by atoms with Crippen LogP contribution in [0.15, 0.2) is 121 Å². The highest BCUT2D eigenvalue weighted by atomic mass is 28.4. The first-order valence-corrected chi connectivity index (χ1v) is 27.8.